The fraction of sp³-hybridized carbons (Fsp3) is 0.364. The molecule has 0 bridgehead atoms. The first-order valence-electron chi connectivity index (χ1n) is 9.35. The van der Waals surface area contributed by atoms with Crippen LogP contribution in [0.25, 0.3) is 0 Å². The van der Waals surface area contributed by atoms with Gasteiger partial charge in [-0.15, -0.1) is 0 Å². The summed E-state index contributed by atoms with van der Waals surface area (Å²) in [6.07, 6.45) is -0.163. The Bertz CT molecular complexity index is 1020. The van der Waals surface area contributed by atoms with Crippen molar-refractivity contribution in [1.29, 1.82) is 0 Å². The summed E-state index contributed by atoms with van der Waals surface area (Å²) in [5.74, 6) is -0.925. The number of rotatable bonds is 8. The molecule has 0 aliphatic heterocycles. The molecule has 0 saturated carbocycles. The summed E-state index contributed by atoms with van der Waals surface area (Å²) < 4.78 is 32.6. The Morgan fingerprint density at radius 1 is 0.897 bits per heavy atom. The topological polar surface area (TPSA) is 89.5 Å². The smallest absolute Gasteiger partial charge is 0.307 e. The van der Waals surface area contributed by atoms with Gasteiger partial charge in [-0.1, -0.05) is 41.5 Å². The van der Waals surface area contributed by atoms with Gasteiger partial charge in [0.2, 0.25) is 15.8 Å². The Balaban J connectivity index is 1.89. The van der Waals surface area contributed by atoms with Crippen molar-refractivity contribution < 1.29 is 22.7 Å². The monoisotopic (exact) mass is 417 g/mol. The quantitative estimate of drug-likeness (QED) is 0.526. The summed E-state index contributed by atoms with van der Waals surface area (Å²) in [5.41, 5.74) is 4.66. The number of carbonyl (C=O) groups is 2. The lowest BCUT2D eigenvalue weighted by Gasteiger charge is -2.13. The van der Waals surface area contributed by atoms with Crippen LogP contribution in [-0.2, 0) is 19.6 Å². The average molecular weight is 418 g/mol. The Morgan fingerprint density at radius 3 is 2.07 bits per heavy atom. The maximum atomic E-state index is 12.6. The Hall–Kier alpha value is -2.51. The normalized spacial score (nSPS) is 11.3. The first-order valence-corrected chi connectivity index (χ1v) is 10.8. The van der Waals surface area contributed by atoms with Crippen molar-refractivity contribution in [3.05, 3.63) is 63.7 Å². The van der Waals surface area contributed by atoms with Gasteiger partial charge in [-0.25, -0.2) is 13.1 Å². The first kappa shape index (κ1) is 22.8. The van der Waals surface area contributed by atoms with E-state index in [0.717, 1.165) is 16.7 Å². The zero-order valence-corrected chi connectivity index (χ0v) is 18.3. The third-order valence-electron chi connectivity index (χ3n) is 4.54. The van der Waals surface area contributed by atoms with Crippen LogP contribution in [0.5, 0.6) is 0 Å². The number of sulfonamides is 1. The minimum Gasteiger partial charge on any atom is -0.457 e. The van der Waals surface area contributed by atoms with Gasteiger partial charge in [0.15, 0.2) is 6.61 Å². The highest BCUT2D eigenvalue weighted by atomic mass is 32.2. The van der Waals surface area contributed by atoms with E-state index < -0.39 is 16.0 Å². The van der Waals surface area contributed by atoms with Crippen LogP contribution in [0.1, 0.15) is 44.6 Å². The van der Waals surface area contributed by atoms with Gasteiger partial charge in [-0.2, -0.15) is 0 Å². The number of nitrogens with one attached hydrogen (secondary N) is 1. The van der Waals surface area contributed by atoms with Crippen molar-refractivity contribution in [1.82, 2.24) is 4.72 Å². The highest BCUT2D eigenvalue weighted by Gasteiger charge is 2.20. The lowest BCUT2D eigenvalue weighted by Crippen LogP contribution is -2.28. The number of hydrogen-bond acceptors (Lipinski definition) is 5. The molecular formula is C22H27NO5S. The molecule has 2 rings (SSSR count). The molecule has 2 aromatic carbocycles. The van der Waals surface area contributed by atoms with E-state index in [1.807, 2.05) is 32.9 Å². The summed E-state index contributed by atoms with van der Waals surface area (Å²) in [5, 5.41) is 0. The number of esters is 1. The fourth-order valence-electron chi connectivity index (χ4n) is 3.37. The number of hydrogen-bond donors (Lipinski definition) is 1. The minimum absolute atomic E-state index is 0.105. The second-order valence-electron chi connectivity index (χ2n) is 7.28. The predicted molar refractivity (Wildman–Crippen MR) is 112 cm³/mol. The molecule has 6 nitrogen and oxygen atoms in total. The predicted octanol–water partition coefficient (Wildman–Crippen LogP) is 3.32. The molecule has 0 spiro atoms. The van der Waals surface area contributed by atoms with Crippen LogP contribution in [0.15, 0.2) is 35.2 Å². The van der Waals surface area contributed by atoms with Crippen molar-refractivity contribution in [2.24, 2.45) is 0 Å². The van der Waals surface area contributed by atoms with Crippen molar-refractivity contribution in [3.63, 3.8) is 0 Å². The molecule has 1 N–H and O–H groups in total. The molecule has 0 amide bonds. The molecular weight excluding hydrogens is 390 g/mol. The molecule has 0 radical (unpaired) electrons. The molecule has 0 heterocycles. The maximum Gasteiger partial charge on any atom is 0.307 e. The summed E-state index contributed by atoms with van der Waals surface area (Å²) >= 11 is 0. The molecule has 0 atom stereocenters. The van der Waals surface area contributed by atoms with Crippen LogP contribution in [0.2, 0.25) is 0 Å². The van der Waals surface area contributed by atoms with Gasteiger partial charge in [0.05, 0.1) is 11.3 Å². The van der Waals surface area contributed by atoms with Gasteiger partial charge in [-0.3, -0.25) is 9.59 Å². The average Bonchev–Trinajstić information content (AvgIpc) is 2.58. The highest BCUT2D eigenvalue weighted by molar-refractivity contribution is 7.89. The van der Waals surface area contributed by atoms with Gasteiger partial charge < -0.3 is 4.74 Å². The molecule has 0 aliphatic rings. The van der Waals surface area contributed by atoms with E-state index in [1.165, 1.54) is 0 Å². The third kappa shape index (κ3) is 5.98. The summed E-state index contributed by atoms with van der Waals surface area (Å²) in [4.78, 5) is 24.3. The van der Waals surface area contributed by atoms with Crippen molar-refractivity contribution in [2.45, 2.75) is 45.9 Å². The van der Waals surface area contributed by atoms with Gasteiger partial charge in [0.1, 0.15) is 0 Å². The third-order valence-corrected chi connectivity index (χ3v) is 6.31. The second kappa shape index (κ2) is 9.33. The van der Waals surface area contributed by atoms with E-state index in [2.05, 4.69) is 4.72 Å². The van der Waals surface area contributed by atoms with E-state index in [1.54, 1.807) is 32.0 Å². The summed E-state index contributed by atoms with van der Waals surface area (Å²) in [6, 6.07) is 9.02. The molecule has 0 fully saturated rings. The van der Waals surface area contributed by atoms with E-state index in [-0.39, 0.29) is 30.3 Å². The van der Waals surface area contributed by atoms with Crippen LogP contribution < -0.4 is 4.72 Å². The van der Waals surface area contributed by atoms with Crippen molar-refractivity contribution in [2.75, 3.05) is 13.2 Å². The van der Waals surface area contributed by atoms with E-state index >= 15 is 0 Å². The largest absolute Gasteiger partial charge is 0.457 e. The number of carbonyl (C=O) groups excluding carboxylic acids is 2. The van der Waals surface area contributed by atoms with Gasteiger partial charge in [-0.05, 0) is 51.3 Å². The number of ether oxygens (including phenoxy) is 1. The number of ketones is 1. The van der Waals surface area contributed by atoms with E-state index in [4.69, 9.17) is 4.74 Å². The lowest BCUT2D eigenvalue weighted by atomic mass is 10.0. The molecule has 156 valence electrons. The number of Topliss-reactive ketones (excluding diaryl/α,β-unsaturated/α-hetero) is 1. The molecule has 0 aliphatic carbocycles. The van der Waals surface area contributed by atoms with E-state index in [0.29, 0.717) is 16.7 Å². The number of aryl methyl sites for hydroxylation is 5. The van der Waals surface area contributed by atoms with E-state index in [9.17, 15) is 18.0 Å². The molecule has 29 heavy (non-hydrogen) atoms. The van der Waals surface area contributed by atoms with Crippen LogP contribution in [-0.4, -0.2) is 33.3 Å². The first-order chi connectivity index (χ1) is 13.5. The second-order valence-corrected chi connectivity index (χ2v) is 8.98. The molecule has 0 aromatic heterocycles. The SMILES string of the molecule is Cc1ccc(C(=O)COC(=O)CCNS(=O)(=O)c2c(C)cc(C)cc2C)c(C)c1. The van der Waals surface area contributed by atoms with Crippen LogP contribution in [0, 0.1) is 34.6 Å². The Kier molecular flexibility index (Phi) is 7.32. The maximum absolute atomic E-state index is 12.6. The Morgan fingerprint density at radius 2 is 1.48 bits per heavy atom. The van der Waals surface area contributed by atoms with Crippen LogP contribution in [0.3, 0.4) is 0 Å². The number of benzene rings is 2. The highest BCUT2D eigenvalue weighted by Crippen LogP contribution is 2.21. The molecule has 0 unspecified atom stereocenters. The zero-order chi connectivity index (χ0) is 21.8. The van der Waals surface area contributed by atoms with Crippen LogP contribution in [0.4, 0.5) is 0 Å². The molecule has 7 heteroatoms. The lowest BCUT2D eigenvalue weighted by molar-refractivity contribution is -0.142. The molecule has 2 aromatic rings. The van der Waals surface area contributed by atoms with Crippen molar-refractivity contribution in [3.8, 4) is 0 Å². The summed E-state index contributed by atoms with van der Waals surface area (Å²) in [6.45, 7) is 8.66. The summed E-state index contributed by atoms with van der Waals surface area (Å²) in [7, 11) is -3.74. The Labute approximate surface area is 172 Å². The molecule has 0 saturated heterocycles. The zero-order valence-electron chi connectivity index (χ0n) is 17.5. The van der Waals surface area contributed by atoms with Gasteiger partial charge in [0, 0.05) is 12.1 Å². The van der Waals surface area contributed by atoms with Crippen LogP contribution >= 0.6 is 0 Å². The minimum atomic E-state index is -3.74. The van der Waals surface area contributed by atoms with Crippen molar-refractivity contribution >= 4 is 21.8 Å². The van der Waals surface area contributed by atoms with Gasteiger partial charge >= 0.3 is 5.97 Å². The fourth-order valence-corrected chi connectivity index (χ4v) is 4.85. The standard InChI is InChI=1S/C22H27NO5S/c1-14-6-7-19(16(3)10-14)20(24)13-28-21(25)8-9-23-29(26,27)22-17(4)11-15(2)12-18(22)5/h6-7,10-12,23H,8-9,13H2,1-5H3. The van der Waals surface area contributed by atoms with Gasteiger partial charge in [0.25, 0.3) is 0 Å².